The van der Waals surface area contributed by atoms with E-state index in [0.29, 0.717) is 0 Å². The van der Waals surface area contributed by atoms with Gasteiger partial charge in [0.05, 0.1) is 0 Å². The van der Waals surface area contributed by atoms with E-state index in [1.54, 1.807) is 0 Å². The Balaban J connectivity index is 1.23. The third-order valence-electron chi connectivity index (χ3n) is 14.9. The fourth-order valence-electron chi connectivity index (χ4n) is 11.9. The Labute approximate surface area is 421 Å². The van der Waals surface area contributed by atoms with Crippen molar-refractivity contribution in [2.24, 2.45) is 0 Å². The molecule has 8 heteroatoms. The molecule has 4 nitrogen and oxygen atoms in total. The summed E-state index contributed by atoms with van der Waals surface area (Å²) in [6.45, 7) is 8.07. The van der Waals surface area contributed by atoms with Crippen molar-refractivity contribution in [2.75, 3.05) is 0 Å². The van der Waals surface area contributed by atoms with Crippen molar-refractivity contribution in [1.82, 2.24) is 10.5 Å². The van der Waals surface area contributed by atoms with Crippen molar-refractivity contribution in [3.05, 3.63) is 203 Å². The third kappa shape index (κ3) is 8.24. The zero-order valence-corrected chi connectivity index (χ0v) is 44.3. The van der Waals surface area contributed by atoms with Crippen molar-refractivity contribution in [3.8, 4) is 44.5 Å². The zero-order chi connectivity index (χ0) is 48.6. The molecule has 2 aliphatic rings. The number of carbonyl (C=O) groups excluding carboxylic acids is 2. The molecule has 8 aromatic carbocycles. The number of benzene rings is 8. The number of carbonyl (C=O) groups is 2. The number of nitrogens with one attached hydrogen (secondary N) is 2. The van der Waals surface area contributed by atoms with Crippen LogP contribution in [0, 0.1) is 0 Å². The maximum absolute atomic E-state index is 14.0. The second-order valence-electron chi connectivity index (χ2n) is 19.1. The Morgan fingerprint density at radius 3 is 1.17 bits per heavy atom. The summed E-state index contributed by atoms with van der Waals surface area (Å²) >= 11 is -6.19. The number of amides is 2. The topological polar surface area (TPSA) is 58.2 Å². The van der Waals surface area contributed by atoms with Gasteiger partial charge in [0.25, 0.3) is 0 Å². The van der Waals surface area contributed by atoms with Crippen molar-refractivity contribution in [1.29, 1.82) is 0 Å². The molecule has 0 fully saturated rings. The average Bonchev–Trinajstić information content (AvgIpc) is 3.98. The van der Waals surface area contributed by atoms with Gasteiger partial charge in [-0.2, -0.15) is 0 Å². The molecule has 10 rings (SSSR count). The first-order valence-electron chi connectivity index (χ1n) is 25.1. The number of hydrogen-bond acceptors (Lipinski definition) is 2. The van der Waals surface area contributed by atoms with Crippen LogP contribution in [0.3, 0.4) is 0 Å². The zero-order valence-electron chi connectivity index (χ0n) is 40.4. The summed E-state index contributed by atoms with van der Waals surface area (Å²) < 4.78 is -1.94. The fourth-order valence-corrected chi connectivity index (χ4v) is 32.6. The molecule has 0 aromatic heterocycles. The minimum atomic E-state index is -6.19. The van der Waals surface area contributed by atoms with E-state index in [-0.39, 0.29) is 24.7 Å². The van der Waals surface area contributed by atoms with E-state index in [1.807, 2.05) is 13.8 Å². The predicted octanol–water partition coefficient (Wildman–Crippen LogP) is 16.9. The van der Waals surface area contributed by atoms with Gasteiger partial charge >= 0.3 is 425 Å². The summed E-state index contributed by atoms with van der Waals surface area (Å²) in [7, 11) is 18.3. The van der Waals surface area contributed by atoms with Crippen LogP contribution in [-0.2, 0) is 25.8 Å². The Bertz CT molecular complexity index is 3180. The quantitative estimate of drug-likeness (QED) is 0.101. The Hall–Kier alpha value is -5.77. The van der Waals surface area contributed by atoms with Crippen molar-refractivity contribution < 1.29 is 25.8 Å². The summed E-state index contributed by atoms with van der Waals surface area (Å²) in [6, 6.07) is 60.6. The van der Waals surface area contributed by atoms with Crippen LogP contribution in [-0.4, -0.2) is 16.3 Å². The number of rotatable bonds is 15. The molecule has 2 N–H and O–H groups in total. The van der Waals surface area contributed by atoms with Crippen LogP contribution in [0.1, 0.15) is 95.7 Å². The van der Waals surface area contributed by atoms with Crippen molar-refractivity contribution in [3.63, 3.8) is 0 Å². The van der Waals surface area contributed by atoms with Gasteiger partial charge in [0.15, 0.2) is 0 Å². The number of allylic oxidation sites excluding steroid dienone is 2. The Morgan fingerprint density at radius 2 is 0.771 bits per heavy atom. The normalized spacial score (nSPS) is 15.7. The average molecular weight is 1040 g/mol. The van der Waals surface area contributed by atoms with Gasteiger partial charge in [0.1, 0.15) is 0 Å². The predicted molar refractivity (Wildman–Crippen MR) is 295 cm³/mol. The van der Waals surface area contributed by atoms with Gasteiger partial charge in [0, 0.05) is 0 Å². The summed E-state index contributed by atoms with van der Waals surface area (Å²) in [5, 5.41) is 11.4. The second-order valence-corrected chi connectivity index (χ2v) is 40.5. The monoisotopic (exact) mass is 1030 g/mol. The van der Waals surface area contributed by atoms with E-state index in [0.717, 1.165) is 104 Å². The molecule has 2 aliphatic carbocycles. The maximum atomic E-state index is 14.0. The van der Waals surface area contributed by atoms with Gasteiger partial charge in [-0.15, -0.1) is 0 Å². The minimum absolute atomic E-state index is 0.208. The van der Waals surface area contributed by atoms with Crippen molar-refractivity contribution >= 4 is 67.1 Å². The van der Waals surface area contributed by atoms with Gasteiger partial charge in [0.2, 0.25) is 0 Å². The van der Waals surface area contributed by atoms with E-state index in [2.05, 4.69) is 206 Å². The van der Waals surface area contributed by atoms with Crippen LogP contribution in [0.25, 0.3) is 78.2 Å². The molecule has 0 radical (unpaired) electrons. The molecule has 8 aromatic rings. The molecule has 0 bridgehead atoms. The van der Waals surface area contributed by atoms with E-state index in [9.17, 15) is 9.59 Å². The van der Waals surface area contributed by atoms with E-state index in [1.165, 1.54) is 21.5 Å². The van der Waals surface area contributed by atoms with Crippen LogP contribution in [0.15, 0.2) is 181 Å². The first kappa shape index (κ1) is 47.9. The van der Waals surface area contributed by atoms with Gasteiger partial charge in [-0.3, -0.25) is 0 Å². The molecule has 0 spiro atoms. The van der Waals surface area contributed by atoms with Crippen LogP contribution >= 0.6 is 17.0 Å². The van der Waals surface area contributed by atoms with Crippen LogP contribution in [0.4, 0.5) is 0 Å². The first-order valence-corrected chi connectivity index (χ1v) is 35.7. The standard InChI is InChI=1S/2C28H23.C6H11BN2O2.2ClH.Zr/c2*1-2-9-20-18-22-12-8-17-27(28(22)19-20)26-15-6-5-14-25(26)24-16-7-11-21-10-3-4-13-23(21)24;1-3-5(10)8-7-9-6(11)4-2;;;/h2*3-8,10-19H,2,9H2,1H3;3-4H2,1-2H3,(H-,8,9,10,11);2*1H;/q;;;;;+1/p-1. The number of fused-ring (bicyclic) bond motifs is 4. The summed E-state index contributed by atoms with van der Waals surface area (Å²) in [4.78, 5) is 28.1. The fraction of sp³-hybridized carbons (Fsp3) is 0.194. The molecule has 2 atom stereocenters. The number of hydrogen-bond donors (Lipinski definition) is 2. The second kappa shape index (κ2) is 19.8. The Kier molecular flexibility index (Phi) is 13.5. The molecule has 70 heavy (non-hydrogen) atoms. The van der Waals surface area contributed by atoms with Gasteiger partial charge < -0.3 is 0 Å². The van der Waals surface area contributed by atoms with Crippen LogP contribution in [0.2, 0.25) is 0 Å². The summed E-state index contributed by atoms with van der Waals surface area (Å²) in [5.41, 5.74) is 15.6. The first-order chi connectivity index (χ1) is 34.1. The molecule has 2 unspecified atom stereocenters. The van der Waals surface area contributed by atoms with Gasteiger partial charge in [-0.25, -0.2) is 0 Å². The van der Waals surface area contributed by atoms with Gasteiger partial charge in [-0.1, -0.05) is 0 Å². The van der Waals surface area contributed by atoms with Crippen LogP contribution in [0.5, 0.6) is 0 Å². The van der Waals surface area contributed by atoms with Gasteiger partial charge in [-0.05, 0) is 0 Å². The summed E-state index contributed by atoms with van der Waals surface area (Å²) in [5.74, 6) is -0.422. The molecular formula is C62H58BCl2N2O2Zr. The Morgan fingerprint density at radius 1 is 0.443 bits per heavy atom. The number of halogens is 2. The molecule has 0 aliphatic heterocycles. The SMILES string of the molecule is CCCC1=Cc2c(-c3ccccc3-c3cccc4ccccc34)cccc2[CH]1[Zr]([Cl])([Cl])([B](NC(=O)CC)NC(=O)CC)[CH]1C(CCC)=Cc2c(-c3ccccc3-c3cccc4ccccc34)cccc21. The third-order valence-corrected chi connectivity index (χ3v) is 34.8. The molecule has 349 valence electrons. The van der Waals surface area contributed by atoms with Crippen LogP contribution < -0.4 is 10.5 Å². The molecule has 0 saturated heterocycles. The van der Waals surface area contributed by atoms with E-state index >= 15 is 0 Å². The summed E-state index contributed by atoms with van der Waals surface area (Å²) in [6.07, 6.45) is 8.33. The molecule has 0 saturated carbocycles. The van der Waals surface area contributed by atoms with E-state index < -0.39 is 27.9 Å². The van der Waals surface area contributed by atoms with Crippen molar-refractivity contribution in [2.45, 2.75) is 73.5 Å². The van der Waals surface area contributed by atoms with E-state index in [4.69, 9.17) is 17.0 Å². The molecule has 0 heterocycles. The molecule has 2 amide bonds. The molecular weight excluding hydrogens is 978 g/mol.